The van der Waals surface area contributed by atoms with Crippen LogP contribution in [0.15, 0.2) is 23.2 Å². The van der Waals surface area contributed by atoms with E-state index in [0.29, 0.717) is 30.2 Å². The molecule has 0 bridgehead atoms. The highest BCUT2D eigenvalue weighted by molar-refractivity contribution is 14.0. The first-order valence-electron chi connectivity index (χ1n) is 9.67. The third-order valence-corrected chi connectivity index (χ3v) is 5.32. The van der Waals surface area contributed by atoms with E-state index in [0.717, 1.165) is 32.1 Å². The molecule has 0 aliphatic carbocycles. The van der Waals surface area contributed by atoms with E-state index < -0.39 is 5.41 Å². The van der Waals surface area contributed by atoms with Crippen LogP contribution in [0.3, 0.4) is 0 Å². The Morgan fingerprint density at radius 2 is 1.90 bits per heavy atom. The van der Waals surface area contributed by atoms with Crippen molar-refractivity contribution in [2.45, 2.75) is 27.3 Å². The van der Waals surface area contributed by atoms with Crippen LogP contribution in [-0.4, -0.2) is 68.0 Å². The second-order valence-electron chi connectivity index (χ2n) is 7.61. The Bertz CT molecular complexity index is 688. The van der Waals surface area contributed by atoms with Crippen molar-refractivity contribution < 1.29 is 9.18 Å². The van der Waals surface area contributed by atoms with Gasteiger partial charge in [-0.25, -0.2) is 4.39 Å². The van der Waals surface area contributed by atoms with Gasteiger partial charge in [-0.05, 0) is 32.9 Å². The van der Waals surface area contributed by atoms with Crippen molar-refractivity contribution in [1.82, 2.24) is 20.4 Å². The summed E-state index contributed by atoms with van der Waals surface area (Å²) < 4.78 is 14.0. The molecule has 29 heavy (non-hydrogen) atoms. The molecule has 1 aliphatic rings. The zero-order valence-electron chi connectivity index (χ0n) is 17.6. The van der Waals surface area contributed by atoms with Crippen molar-refractivity contribution in [1.29, 1.82) is 0 Å². The van der Waals surface area contributed by atoms with Crippen molar-refractivity contribution in [2.24, 2.45) is 10.4 Å². The van der Waals surface area contributed by atoms with Gasteiger partial charge in [-0.15, -0.1) is 24.0 Å². The molecule has 2 N–H and O–H groups in total. The van der Waals surface area contributed by atoms with E-state index >= 15 is 0 Å². The molecule has 1 aromatic carbocycles. The van der Waals surface area contributed by atoms with Crippen molar-refractivity contribution in [3.8, 4) is 0 Å². The van der Waals surface area contributed by atoms with Crippen LogP contribution in [0.4, 0.5) is 4.39 Å². The molecular formula is C20H32ClFIN5O. The minimum Gasteiger partial charge on any atom is -0.356 e. The normalized spacial score (nSPS) is 15.7. The molecule has 1 amide bonds. The van der Waals surface area contributed by atoms with E-state index in [1.54, 1.807) is 19.2 Å². The molecule has 1 saturated heterocycles. The maximum Gasteiger partial charge on any atom is 0.227 e. The molecule has 6 nitrogen and oxygen atoms in total. The number of nitrogens with one attached hydrogen (secondary N) is 2. The van der Waals surface area contributed by atoms with Gasteiger partial charge in [0.1, 0.15) is 5.82 Å². The van der Waals surface area contributed by atoms with Crippen LogP contribution in [0, 0.1) is 11.2 Å². The summed E-state index contributed by atoms with van der Waals surface area (Å²) in [5.41, 5.74) is 0.0128. The topological polar surface area (TPSA) is 60.0 Å². The largest absolute Gasteiger partial charge is 0.356 e. The van der Waals surface area contributed by atoms with Crippen LogP contribution in [0.25, 0.3) is 0 Å². The van der Waals surface area contributed by atoms with Gasteiger partial charge in [-0.3, -0.25) is 14.7 Å². The Hall–Kier alpha value is -1.13. The summed E-state index contributed by atoms with van der Waals surface area (Å²) in [6.07, 6.45) is 0. The number of nitrogens with zero attached hydrogens (tertiary/aromatic N) is 3. The zero-order valence-corrected chi connectivity index (χ0v) is 20.7. The fraction of sp³-hybridized carbons (Fsp3) is 0.600. The Kier molecular flexibility index (Phi) is 10.6. The molecule has 164 valence electrons. The predicted octanol–water partition coefficient (Wildman–Crippen LogP) is 2.95. The smallest absolute Gasteiger partial charge is 0.227 e. The molecule has 1 aromatic rings. The van der Waals surface area contributed by atoms with E-state index in [-0.39, 0.29) is 35.7 Å². The quantitative estimate of drug-likeness (QED) is 0.332. The lowest BCUT2D eigenvalue weighted by atomic mass is 9.92. The predicted molar refractivity (Wildman–Crippen MR) is 128 cm³/mol. The summed E-state index contributed by atoms with van der Waals surface area (Å²) in [4.78, 5) is 20.9. The lowest BCUT2D eigenvalue weighted by Gasteiger charge is -2.37. The number of aliphatic imine (C=N–C) groups is 1. The summed E-state index contributed by atoms with van der Waals surface area (Å²) in [5.74, 6) is 0.533. The number of carbonyl (C=O) groups is 1. The van der Waals surface area contributed by atoms with E-state index in [2.05, 4.69) is 25.4 Å². The van der Waals surface area contributed by atoms with Gasteiger partial charge in [-0.1, -0.05) is 17.7 Å². The van der Waals surface area contributed by atoms with Crippen LogP contribution in [0.2, 0.25) is 5.02 Å². The van der Waals surface area contributed by atoms with Gasteiger partial charge in [0.2, 0.25) is 5.91 Å². The number of halogens is 3. The van der Waals surface area contributed by atoms with Gasteiger partial charge >= 0.3 is 0 Å². The van der Waals surface area contributed by atoms with Crippen LogP contribution >= 0.6 is 35.6 Å². The second-order valence-corrected chi connectivity index (χ2v) is 8.01. The summed E-state index contributed by atoms with van der Waals surface area (Å²) in [7, 11) is 1.74. The zero-order chi connectivity index (χ0) is 20.7. The number of hydrogen-bond donors (Lipinski definition) is 2. The van der Waals surface area contributed by atoms with Crippen molar-refractivity contribution in [3.63, 3.8) is 0 Å². The number of rotatable bonds is 6. The van der Waals surface area contributed by atoms with Gasteiger partial charge in [0.15, 0.2) is 5.96 Å². The monoisotopic (exact) mass is 539 g/mol. The lowest BCUT2D eigenvalue weighted by molar-refractivity contribution is -0.128. The molecule has 0 atom stereocenters. The Morgan fingerprint density at radius 3 is 2.45 bits per heavy atom. The highest BCUT2D eigenvalue weighted by Crippen LogP contribution is 2.21. The van der Waals surface area contributed by atoms with Gasteiger partial charge in [0, 0.05) is 63.4 Å². The Morgan fingerprint density at radius 1 is 1.24 bits per heavy atom. The third kappa shape index (κ3) is 7.25. The molecule has 0 radical (unpaired) electrons. The first-order chi connectivity index (χ1) is 13.3. The van der Waals surface area contributed by atoms with Crippen molar-refractivity contribution >= 4 is 47.4 Å². The fourth-order valence-corrected chi connectivity index (χ4v) is 3.36. The highest BCUT2D eigenvalue weighted by atomic mass is 127. The van der Waals surface area contributed by atoms with E-state index in [9.17, 15) is 9.18 Å². The summed E-state index contributed by atoms with van der Waals surface area (Å²) in [5, 5.41) is 6.65. The van der Waals surface area contributed by atoms with Gasteiger partial charge < -0.3 is 15.5 Å². The van der Waals surface area contributed by atoms with E-state index in [1.165, 1.54) is 6.07 Å². The molecule has 0 spiro atoms. The number of piperazine rings is 1. The van der Waals surface area contributed by atoms with Crippen molar-refractivity contribution in [2.75, 3.05) is 46.3 Å². The van der Waals surface area contributed by atoms with Gasteiger partial charge in [0.25, 0.3) is 0 Å². The summed E-state index contributed by atoms with van der Waals surface area (Å²) >= 11 is 6.14. The first-order valence-corrected chi connectivity index (χ1v) is 10.1. The highest BCUT2D eigenvalue weighted by Gasteiger charge is 2.28. The van der Waals surface area contributed by atoms with Crippen LogP contribution in [0.5, 0.6) is 0 Å². The minimum atomic E-state index is -0.532. The molecule has 0 unspecified atom stereocenters. The molecule has 1 heterocycles. The molecule has 1 fully saturated rings. The lowest BCUT2D eigenvalue weighted by Crippen LogP contribution is -2.54. The summed E-state index contributed by atoms with van der Waals surface area (Å²) in [6.45, 7) is 10.4. The molecule has 9 heteroatoms. The number of carbonyl (C=O) groups excluding carboxylic acids is 1. The van der Waals surface area contributed by atoms with Gasteiger partial charge in [0.05, 0.1) is 5.41 Å². The molecule has 0 aromatic heterocycles. The molecule has 0 saturated carbocycles. The number of amides is 1. The minimum absolute atomic E-state index is 0. The second kappa shape index (κ2) is 11.9. The van der Waals surface area contributed by atoms with Crippen LogP contribution in [0.1, 0.15) is 26.3 Å². The number of benzene rings is 1. The Balaban J connectivity index is 0.00000420. The van der Waals surface area contributed by atoms with Crippen LogP contribution in [-0.2, 0) is 11.3 Å². The maximum absolute atomic E-state index is 14.0. The SMILES string of the molecule is CCNC(=O)C(C)(C)CNC(=NC)N1CCN(Cc2c(F)cccc2Cl)CC1.I. The molecule has 2 rings (SSSR count). The number of hydrogen-bond acceptors (Lipinski definition) is 3. The first kappa shape index (κ1) is 25.9. The summed E-state index contributed by atoms with van der Waals surface area (Å²) in [6, 6.07) is 4.79. The van der Waals surface area contributed by atoms with Gasteiger partial charge in [-0.2, -0.15) is 0 Å². The molecule has 1 aliphatic heterocycles. The van der Waals surface area contributed by atoms with Crippen LogP contribution < -0.4 is 10.6 Å². The standard InChI is InChI=1S/C20H31ClFN5O.HI/c1-5-24-18(28)20(2,3)14-25-19(23-4)27-11-9-26(10-12-27)13-15-16(21)7-6-8-17(15)22;/h6-8H,5,9-14H2,1-4H3,(H,23,25)(H,24,28);1H. The third-order valence-electron chi connectivity index (χ3n) is 4.97. The Labute approximate surface area is 195 Å². The van der Waals surface area contributed by atoms with E-state index in [1.807, 2.05) is 20.8 Å². The number of guanidine groups is 1. The average molecular weight is 540 g/mol. The van der Waals surface area contributed by atoms with E-state index in [4.69, 9.17) is 11.6 Å². The maximum atomic E-state index is 14.0. The fourth-order valence-electron chi connectivity index (χ4n) is 3.14. The average Bonchev–Trinajstić information content (AvgIpc) is 2.66. The molecular weight excluding hydrogens is 508 g/mol. The van der Waals surface area contributed by atoms with Crippen molar-refractivity contribution in [3.05, 3.63) is 34.6 Å².